The van der Waals surface area contributed by atoms with Gasteiger partial charge in [0.15, 0.2) is 0 Å². The number of thiophene rings is 1. The van der Waals surface area contributed by atoms with E-state index in [0.29, 0.717) is 6.04 Å². The molecule has 0 aliphatic carbocycles. The van der Waals surface area contributed by atoms with Crippen molar-refractivity contribution in [3.63, 3.8) is 0 Å². The number of benzene rings is 1. The Morgan fingerprint density at radius 3 is 2.88 bits per heavy atom. The summed E-state index contributed by atoms with van der Waals surface area (Å²) in [5, 5.41) is 7.84. The van der Waals surface area contributed by atoms with Gasteiger partial charge in [-0.05, 0) is 76.5 Å². The highest BCUT2D eigenvalue weighted by Crippen LogP contribution is 2.22. The lowest BCUT2D eigenvalue weighted by atomic mass is 10.1. The lowest BCUT2D eigenvalue weighted by molar-refractivity contribution is 0.792. The van der Waals surface area contributed by atoms with Crippen LogP contribution in [0.1, 0.15) is 12.5 Å². The van der Waals surface area contributed by atoms with E-state index in [-0.39, 0.29) is 0 Å². The van der Waals surface area contributed by atoms with Crippen molar-refractivity contribution < 1.29 is 0 Å². The van der Waals surface area contributed by atoms with E-state index >= 15 is 0 Å². The number of anilines is 2. The molecule has 0 radical (unpaired) electrons. The summed E-state index contributed by atoms with van der Waals surface area (Å²) >= 11 is 4.06. The van der Waals surface area contributed by atoms with Gasteiger partial charge in [0.25, 0.3) is 0 Å². The number of nitrogen functional groups attached to an aromatic ring is 1. The zero-order valence-corrected chi connectivity index (χ0v) is 12.6. The zero-order chi connectivity index (χ0) is 12.3. The summed E-state index contributed by atoms with van der Waals surface area (Å²) in [5.74, 6) is 0. The minimum atomic E-state index is 0.418. The fourth-order valence-electron chi connectivity index (χ4n) is 1.73. The second-order valence-corrected chi connectivity index (χ2v) is 6.06. The van der Waals surface area contributed by atoms with E-state index in [4.69, 9.17) is 5.73 Å². The number of rotatable bonds is 4. The van der Waals surface area contributed by atoms with Gasteiger partial charge in [-0.15, -0.1) is 0 Å². The molecule has 0 saturated carbocycles. The minimum absolute atomic E-state index is 0.418. The molecule has 0 spiro atoms. The Kier molecular flexibility index (Phi) is 4.28. The molecule has 2 aromatic rings. The predicted molar refractivity (Wildman–Crippen MR) is 84.7 cm³/mol. The zero-order valence-electron chi connectivity index (χ0n) is 9.61. The van der Waals surface area contributed by atoms with Crippen LogP contribution < -0.4 is 11.1 Å². The molecule has 1 heterocycles. The molecule has 2 nitrogen and oxygen atoms in total. The van der Waals surface area contributed by atoms with Gasteiger partial charge < -0.3 is 11.1 Å². The number of hydrogen-bond donors (Lipinski definition) is 2. The van der Waals surface area contributed by atoms with Gasteiger partial charge in [-0.1, -0.05) is 0 Å². The first-order valence-electron chi connectivity index (χ1n) is 5.48. The first kappa shape index (κ1) is 12.7. The highest BCUT2D eigenvalue weighted by molar-refractivity contribution is 14.1. The molecule has 2 rings (SSSR count). The molecule has 17 heavy (non-hydrogen) atoms. The molecule has 1 aromatic heterocycles. The monoisotopic (exact) mass is 358 g/mol. The van der Waals surface area contributed by atoms with Crippen LogP contribution >= 0.6 is 33.9 Å². The third-order valence-corrected chi connectivity index (χ3v) is 4.14. The fraction of sp³-hybridized carbons (Fsp3) is 0.231. The molecule has 0 bridgehead atoms. The van der Waals surface area contributed by atoms with Gasteiger partial charge in [0, 0.05) is 21.0 Å². The lowest BCUT2D eigenvalue weighted by Gasteiger charge is -2.16. The van der Waals surface area contributed by atoms with E-state index in [1.165, 1.54) is 9.13 Å². The van der Waals surface area contributed by atoms with Crippen LogP contribution in [-0.2, 0) is 6.42 Å². The molecule has 0 amide bonds. The molecular weight excluding hydrogens is 343 g/mol. The lowest BCUT2D eigenvalue weighted by Crippen LogP contribution is -2.18. The molecule has 3 N–H and O–H groups in total. The van der Waals surface area contributed by atoms with Crippen LogP contribution in [0.15, 0.2) is 35.0 Å². The van der Waals surface area contributed by atoms with Gasteiger partial charge in [0.2, 0.25) is 0 Å². The second-order valence-electron chi connectivity index (χ2n) is 4.12. The van der Waals surface area contributed by atoms with Crippen molar-refractivity contribution in [3.05, 3.63) is 44.2 Å². The normalized spacial score (nSPS) is 12.4. The summed E-state index contributed by atoms with van der Waals surface area (Å²) in [5.41, 5.74) is 9.09. The Labute approximate surface area is 119 Å². The second kappa shape index (κ2) is 5.73. The first-order valence-corrected chi connectivity index (χ1v) is 7.50. The Morgan fingerprint density at radius 2 is 2.24 bits per heavy atom. The molecular formula is C13H15IN2S. The summed E-state index contributed by atoms with van der Waals surface area (Å²) in [6.07, 6.45) is 1.05. The van der Waals surface area contributed by atoms with Gasteiger partial charge in [-0.2, -0.15) is 11.3 Å². The molecule has 0 fully saturated rings. The van der Waals surface area contributed by atoms with Crippen LogP contribution in [0, 0.1) is 3.57 Å². The average Bonchev–Trinajstić information content (AvgIpc) is 2.75. The summed E-state index contributed by atoms with van der Waals surface area (Å²) in [4.78, 5) is 0. The van der Waals surface area contributed by atoms with Gasteiger partial charge in [-0.3, -0.25) is 0 Å². The van der Waals surface area contributed by atoms with Crippen molar-refractivity contribution in [3.8, 4) is 0 Å². The fourth-order valence-corrected chi connectivity index (χ4v) is 3.10. The summed E-state index contributed by atoms with van der Waals surface area (Å²) in [6.45, 7) is 2.20. The Morgan fingerprint density at radius 1 is 1.41 bits per heavy atom. The van der Waals surface area contributed by atoms with E-state index in [1.807, 2.05) is 18.2 Å². The predicted octanol–water partition coefficient (Wildman–Crippen LogP) is 3.98. The molecule has 1 atom stereocenters. The van der Waals surface area contributed by atoms with Crippen LogP contribution in [-0.4, -0.2) is 6.04 Å². The quantitative estimate of drug-likeness (QED) is 0.641. The van der Waals surface area contributed by atoms with Crippen molar-refractivity contribution in [2.45, 2.75) is 19.4 Å². The summed E-state index contributed by atoms with van der Waals surface area (Å²) < 4.78 is 1.17. The summed E-state index contributed by atoms with van der Waals surface area (Å²) in [7, 11) is 0. The first-order chi connectivity index (χ1) is 8.15. The standard InChI is InChI=1S/C13H15IN2S/c1-9(6-10-4-5-17-8-10)16-13-3-2-11(15)7-12(13)14/h2-5,7-9,16H,6,15H2,1H3. The Bertz CT molecular complexity index is 482. The summed E-state index contributed by atoms with van der Waals surface area (Å²) in [6, 6.07) is 8.56. The van der Waals surface area contributed by atoms with Crippen molar-refractivity contribution in [2.75, 3.05) is 11.1 Å². The van der Waals surface area contributed by atoms with Crippen LogP contribution in [0.4, 0.5) is 11.4 Å². The number of nitrogens with two attached hydrogens (primary N) is 1. The highest BCUT2D eigenvalue weighted by atomic mass is 127. The van der Waals surface area contributed by atoms with E-state index < -0.39 is 0 Å². The van der Waals surface area contributed by atoms with Crippen molar-refractivity contribution in [2.24, 2.45) is 0 Å². The smallest absolute Gasteiger partial charge is 0.0479 e. The van der Waals surface area contributed by atoms with Gasteiger partial charge in [0.1, 0.15) is 0 Å². The molecule has 90 valence electrons. The maximum absolute atomic E-state index is 5.74. The van der Waals surface area contributed by atoms with Crippen LogP contribution in [0.5, 0.6) is 0 Å². The number of hydrogen-bond acceptors (Lipinski definition) is 3. The molecule has 1 aromatic carbocycles. The van der Waals surface area contributed by atoms with Gasteiger partial charge in [-0.25, -0.2) is 0 Å². The van der Waals surface area contributed by atoms with Crippen LogP contribution in [0.25, 0.3) is 0 Å². The van der Waals surface area contributed by atoms with Crippen molar-refractivity contribution in [1.29, 1.82) is 0 Å². The SMILES string of the molecule is CC(Cc1ccsc1)Nc1ccc(N)cc1I. The Hall–Kier alpha value is -0.750. The van der Waals surface area contributed by atoms with Crippen molar-refractivity contribution in [1.82, 2.24) is 0 Å². The van der Waals surface area contributed by atoms with Gasteiger partial charge >= 0.3 is 0 Å². The van der Waals surface area contributed by atoms with E-state index in [1.54, 1.807) is 11.3 Å². The molecule has 0 saturated heterocycles. The molecule has 0 aliphatic heterocycles. The van der Waals surface area contributed by atoms with Crippen LogP contribution in [0.3, 0.4) is 0 Å². The topological polar surface area (TPSA) is 38.0 Å². The van der Waals surface area contributed by atoms with Gasteiger partial charge in [0.05, 0.1) is 0 Å². The number of nitrogens with one attached hydrogen (secondary N) is 1. The third-order valence-electron chi connectivity index (χ3n) is 2.52. The molecule has 4 heteroatoms. The van der Waals surface area contributed by atoms with E-state index in [9.17, 15) is 0 Å². The van der Waals surface area contributed by atoms with E-state index in [0.717, 1.165) is 17.8 Å². The number of halogens is 1. The Balaban J connectivity index is 2.00. The van der Waals surface area contributed by atoms with Crippen LogP contribution in [0.2, 0.25) is 0 Å². The highest BCUT2D eigenvalue weighted by Gasteiger charge is 2.06. The molecule has 1 unspecified atom stereocenters. The average molecular weight is 358 g/mol. The van der Waals surface area contributed by atoms with Crippen molar-refractivity contribution >= 4 is 45.3 Å². The maximum atomic E-state index is 5.74. The third kappa shape index (κ3) is 3.61. The molecule has 0 aliphatic rings. The largest absolute Gasteiger partial charge is 0.399 e. The van der Waals surface area contributed by atoms with E-state index in [2.05, 4.69) is 51.7 Å². The minimum Gasteiger partial charge on any atom is -0.399 e. The maximum Gasteiger partial charge on any atom is 0.0479 e.